The minimum atomic E-state index is -0.991. The van der Waals surface area contributed by atoms with E-state index in [1.54, 1.807) is 24.3 Å². The molecule has 1 aromatic rings. The van der Waals surface area contributed by atoms with Crippen LogP contribution in [0.15, 0.2) is 24.3 Å². The van der Waals surface area contributed by atoms with Gasteiger partial charge in [-0.2, -0.15) is 0 Å². The van der Waals surface area contributed by atoms with Crippen molar-refractivity contribution in [3.8, 4) is 0 Å². The number of benzene rings is 1. The quantitative estimate of drug-likeness (QED) is 0.819. The second-order valence-corrected chi connectivity index (χ2v) is 4.12. The number of halogens is 1. The van der Waals surface area contributed by atoms with E-state index in [4.69, 9.17) is 16.7 Å². The number of nitrogens with one attached hydrogen (secondary N) is 1. The number of carboxylic acids is 1. The highest BCUT2D eigenvalue weighted by molar-refractivity contribution is 6.30. The maximum Gasteiger partial charge on any atom is 0.323 e. The van der Waals surface area contributed by atoms with E-state index >= 15 is 0 Å². The Bertz CT molecular complexity index is 420. The van der Waals surface area contributed by atoms with Crippen LogP contribution in [0, 0.1) is 0 Å². The Morgan fingerprint density at radius 1 is 1.28 bits per heavy atom. The molecule has 0 saturated heterocycles. The van der Waals surface area contributed by atoms with E-state index in [9.17, 15) is 9.59 Å². The molecule has 0 bridgehead atoms. The van der Waals surface area contributed by atoms with Gasteiger partial charge in [0.15, 0.2) is 0 Å². The number of aliphatic carboxylic acids is 1. The minimum absolute atomic E-state index is 0.00176. The number of carboxylic acid groups (broad SMARTS) is 1. The Hall–Kier alpha value is -1.75. The van der Waals surface area contributed by atoms with E-state index in [0.717, 1.165) is 0 Å². The van der Waals surface area contributed by atoms with Crippen LogP contribution in [0.5, 0.6) is 0 Å². The second kappa shape index (κ2) is 6.86. The van der Waals surface area contributed by atoms with Gasteiger partial charge < -0.3 is 15.3 Å². The molecule has 0 unspecified atom stereocenters. The summed E-state index contributed by atoms with van der Waals surface area (Å²) in [6, 6.07) is 6.68. The lowest BCUT2D eigenvalue weighted by molar-refractivity contribution is -0.135. The van der Waals surface area contributed by atoms with Crippen molar-refractivity contribution in [2.24, 2.45) is 0 Å². The SMILES string of the molecule is CCNC(=O)CN(CC(=O)O)c1ccc(Cl)cc1. The Balaban J connectivity index is 2.80. The third kappa shape index (κ3) is 4.63. The lowest BCUT2D eigenvalue weighted by atomic mass is 10.2. The molecule has 18 heavy (non-hydrogen) atoms. The van der Waals surface area contributed by atoms with E-state index in [1.165, 1.54) is 4.90 Å². The predicted molar refractivity (Wildman–Crippen MR) is 70.0 cm³/mol. The first-order chi connectivity index (χ1) is 8.52. The molecule has 1 aromatic carbocycles. The lowest BCUT2D eigenvalue weighted by Gasteiger charge is -2.22. The maximum atomic E-state index is 11.5. The van der Waals surface area contributed by atoms with E-state index < -0.39 is 5.97 Å². The molecule has 0 saturated carbocycles. The summed E-state index contributed by atoms with van der Waals surface area (Å²) < 4.78 is 0. The minimum Gasteiger partial charge on any atom is -0.480 e. The molecule has 0 aliphatic heterocycles. The van der Waals surface area contributed by atoms with Gasteiger partial charge >= 0.3 is 5.97 Å². The predicted octanol–water partition coefficient (Wildman–Crippen LogP) is 1.37. The Morgan fingerprint density at radius 2 is 1.89 bits per heavy atom. The second-order valence-electron chi connectivity index (χ2n) is 3.68. The normalized spacial score (nSPS) is 9.89. The molecule has 2 N–H and O–H groups in total. The molecule has 5 nitrogen and oxygen atoms in total. The van der Waals surface area contributed by atoms with Crippen LogP contribution in [0.25, 0.3) is 0 Å². The molecule has 1 rings (SSSR count). The Labute approximate surface area is 110 Å². The number of carbonyl (C=O) groups excluding carboxylic acids is 1. The number of nitrogens with zero attached hydrogens (tertiary/aromatic N) is 1. The number of anilines is 1. The summed E-state index contributed by atoms with van der Waals surface area (Å²) in [5.74, 6) is -1.21. The van der Waals surface area contributed by atoms with Gasteiger partial charge in [0.1, 0.15) is 6.54 Å². The van der Waals surface area contributed by atoms with Crippen molar-refractivity contribution >= 4 is 29.2 Å². The standard InChI is InChI=1S/C12H15ClN2O3/c1-2-14-11(16)7-15(8-12(17)18)10-5-3-9(13)4-6-10/h3-6H,2,7-8H2,1H3,(H,14,16)(H,17,18). The van der Waals surface area contributed by atoms with Crippen LogP contribution in [0.2, 0.25) is 5.02 Å². The van der Waals surface area contributed by atoms with Gasteiger partial charge in [-0.05, 0) is 31.2 Å². The first-order valence-corrected chi connectivity index (χ1v) is 5.89. The van der Waals surface area contributed by atoms with Gasteiger partial charge in [-0.3, -0.25) is 9.59 Å². The van der Waals surface area contributed by atoms with E-state index in [-0.39, 0.29) is 19.0 Å². The number of amides is 1. The monoisotopic (exact) mass is 270 g/mol. The van der Waals surface area contributed by atoms with Crippen LogP contribution in [-0.2, 0) is 9.59 Å². The zero-order chi connectivity index (χ0) is 13.5. The molecule has 0 atom stereocenters. The van der Waals surface area contributed by atoms with Crippen LogP contribution >= 0.6 is 11.6 Å². The van der Waals surface area contributed by atoms with E-state index in [0.29, 0.717) is 17.3 Å². The number of hydrogen-bond donors (Lipinski definition) is 2. The fourth-order valence-electron chi connectivity index (χ4n) is 1.48. The van der Waals surface area contributed by atoms with Crippen molar-refractivity contribution in [2.45, 2.75) is 6.92 Å². The largest absolute Gasteiger partial charge is 0.480 e. The van der Waals surface area contributed by atoms with Crippen LogP contribution in [0.3, 0.4) is 0 Å². The maximum absolute atomic E-state index is 11.5. The average Bonchev–Trinajstić information content (AvgIpc) is 2.28. The summed E-state index contributed by atoms with van der Waals surface area (Å²) in [5, 5.41) is 12.0. The molecule has 6 heteroatoms. The average molecular weight is 271 g/mol. The van der Waals surface area contributed by atoms with Gasteiger partial charge in [-0.15, -0.1) is 0 Å². The van der Waals surface area contributed by atoms with Crippen LogP contribution < -0.4 is 10.2 Å². The number of hydrogen-bond acceptors (Lipinski definition) is 3. The van der Waals surface area contributed by atoms with Gasteiger partial charge in [0.05, 0.1) is 6.54 Å². The van der Waals surface area contributed by atoms with E-state index in [1.807, 2.05) is 6.92 Å². The van der Waals surface area contributed by atoms with E-state index in [2.05, 4.69) is 5.32 Å². The summed E-state index contributed by atoms with van der Waals surface area (Å²) in [5.41, 5.74) is 0.646. The molecule has 1 amide bonds. The molecule has 98 valence electrons. The van der Waals surface area contributed by atoms with Crippen molar-refractivity contribution in [3.05, 3.63) is 29.3 Å². The molecular formula is C12H15ClN2O3. The number of likely N-dealkylation sites (N-methyl/N-ethyl adjacent to an activating group) is 1. The molecule has 0 aromatic heterocycles. The van der Waals surface area contributed by atoms with Crippen molar-refractivity contribution in [1.82, 2.24) is 5.32 Å². The third-order valence-electron chi connectivity index (χ3n) is 2.23. The van der Waals surface area contributed by atoms with Crippen LogP contribution in [-0.4, -0.2) is 36.6 Å². The molecule has 0 fully saturated rings. The third-order valence-corrected chi connectivity index (χ3v) is 2.48. The number of carbonyl (C=O) groups is 2. The Morgan fingerprint density at radius 3 is 2.39 bits per heavy atom. The topological polar surface area (TPSA) is 69.6 Å². The van der Waals surface area contributed by atoms with Crippen molar-refractivity contribution in [1.29, 1.82) is 0 Å². The van der Waals surface area contributed by atoms with Gasteiger partial charge in [0.2, 0.25) is 5.91 Å². The highest BCUT2D eigenvalue weighted by atomic mass is 35.5. The zero-order valence-corrected chi connectivity index (χ0v) is 10.8. The van der Waals surface area contributed by atoms with Crippen LogP contribution in [0.4, 0.5) is 5.69 Å². The molecule has 0 radical (unpaired) electrons. The zero-order valence-electron chi connectivity index (χ0n) is 10.0. The first kappa shape index (κ1) is 14.3. The summed E-state index contributed by atoms with van der Waals surface area (Å²) in [4.78, 5) is 23.8. The fourth-order valence-corrected chi connectivity index (χ4v) is 1.61. The molecule has 0 aliphatic carbocycles. The fraction of sp³-hybridized carbons (Fsp3) is 0.333. The summed E-state index contributed by atoms with van der Waals surface area (Å²) in [7, 11) is 0. The van der Waals surface area contributed by atoms with Gasteiger partial charge in [0, 0.05) is 17.3 Å². The first-order valence-electron chi connectivity index (χ1n) is 5.52. The van der Waals surface area contributed by atoms with Gasteiger partial charge in [0.25, 0.3) is 0 Å². The molecular weight excluding hydrogens is 256 g/mol. The number of rotatable bonds is 6. The Kier molecular flexibility index (Phi) is 5.45. The van der Waals surface area contributed by atoms with Gasteiger partial charge in [-0.1, -0.05) is 11.6 Å². The van der Waals surface area contributed by atoms with Gasteiger partial charge in [-0.25, -0.2) is 0 Å². The van der Waals surface area contributed by atoms with Crippen LogP contribution in [0.1, 0.15) is 6.92 Å². The highest BCUT2D eigenvalue weighted by Gasteiger charge is 2.14. The lowest BCUT2D eigenvalue weighted by Crippen LogP contribution is -2.39. The highest BCUT2D eigenvalue weighted by Crippen LogP contribution is 2.17. The smallest absolute Gasteiger partial charge is 0.323 e. The molecule has 0 heterocycles. The van der Waals surface area contributed by atoms with Crippen molar-refractivity contribution in [2.75, 3.05) is 24.5 Å². The summed E-state index contributed by atoms with van der Waals surface area (Å²) in [6.45, 7) is 2.09. The van der Waals surface area contributed by atoms with Crippen molar-refractivity contribution < 1.29 is 14.7 Å². The molecule has 0 aliphatic rings. The summed E-state index contributed by atoms with van der Waals surface area (Å²) in [6.07, 6.45) is 0. The van der Waals surface area contributed by atoms with Crippen molar-refractivity contribution in [3.63, 3.8) is 0 Å². The molecule has 0 spiro atoms. The summed E-state index contributed by atoms with van der Waals surface area (Å²) >= 11 is 5.76.